The van der Waals surface area contributed by atoms with E-state index < -0.39 is 0 Å². The summed E-state index contributed by atoms with van der Waals surface area (Å²) in [5.41, 5.74) is 4.97. The number of carbonyl (C=O) groups is 1. The van der Waals surface area contributed by atoms with Crippen LogP contribution >= 0.6 is 11.8 Å². The van der Waals surface area contributed by atoms with Gasteiger partial charge < -0.3 is 9.47 Å². The average Bonchev–Trinajstić information content (AvgIpc) is 3.15. The van der Waals surface area contributed by atoms with Crippen molar-refractivity contribution in [3.05, 3.63) is 58.7 Å². The molecule has 3 aromatic rings. The summed E-state index contributed by atoms with van der Waals surface area (Å²) in [6.07, 6.45) is 0. The molecule has 146 valence electrons. The van der Waals surface area contributed by atoms with Crippen molar-refractivity contribution in [2.45, 2.75) is 32.5 Å². The molecule has 2 aromatic carbocycles. The predicted molar refractivity (Wildman–Crippen MR) is 107 cm³/mol. The highest BCUT2D eigenvalue weighted by molar-refractivity contribution is 7.99. The van der Waals surface area contributed by atoms with E-state index >= 15 is 0 Å². The number of hydrogen-bond acceptors (Lipinski definition) is 7. The molecule has 0 bridgehead atoms. The van der Waals surface area contributed by atoms with E-state index in [0.29, 0.717) is 10.9 Å². The average molecular weight is 398 g/mol. The highest BCUT2D eigenvalue weighted by Gasteiger charge is 2.14. The number of benzene rings is 2. The molecule has 0 aliphatic heterocycles. The number of nitrogens with zero attached hydrogens (tertiary/aromatic N) is 4. The Hall–Kier alpha value is -2.87. The molecule has 7 nitrogen and oxygen atoms in total. The Morgan fingerprint density at radius 3 is 2.64 bits per heavy atom. The largest absolute Gasteiger partial charge is 0.496 e. The third-order valence-electron chi connectivity index (χ3n) is 4.18. The second kappa shape index (κ2) is 8.88. The van der Waals surface area contributed by atoms with Crippen molar-refractivity contribution >= 4 is 17.7 Å². The molecule has 0 spiro atoms. The molecule has 0 radical (unpaired) electrons. The van der Waals surface area contributed by atoms with Gasteiger partial charge in [0.2, 0.25) is 5.16 Å². The molecule has 1 aromatic heterocycles. The molecule has 0 atom stereocenters. The number of rotatable bonds is 7. The van der Waals surface area contributed by atoms with Crippen LogP contribution in [0.25, 0.3) is 5.69 Å². The fourth-order valence-corrected chi connectivity index (χ4v) is 3.39. The van der Waals surface area contributed by atoms with Gasteiger partial charge in [-0.05, 0) is 60.5 Å². The number of thioether (sulfide) groups is 1. The normalized spacial score (nSPS) is 10.7. The molecular formula is C20H22N4O3S. The Kier molecular flexibility index (Phi) is 6.30. The van der Waals surface area contributed by atoms with E-state index in [1.807, 2.05) is 57.2 Å². The number of ether oxygens (including phenoxy) is 2. The van der Waals surface area contributed by atoms with Crippen molar-refractivity contribution in [3.8, 4) is 11.4 Å². The highest BCUT2D eigenvalue weighted by Crippen LogP contribution is 2.23. The van der Waals surface area contributed by atoms with Gasteiger partial charge in [-0.1, -0.05) is 35.5 Å². The van der Waals surface area contributed by atoms with E-state index in [1.165, 1.54) is 11.8 Å². The fraction of sp³-hybridized carbons (Fsp3) is 0.300. The zero-order valence-electron chi connectivity index (χ0n) is 16.3. The van der Waals surface area contributed by atoms with Crippen LogP contribution in [-0.2, 0) is 16.1 Å². The first kappa shape index (κ1) is 19.9. The van der Waals surface area contributed by atoms with Gasteiger partial charge in [-0.3, -0.25) is 4.79 Å². The Labute approximate surface area is 168 Å². The minimum atomic E-state index is -0.343. The summed E-state index contributed by atoms with van der Waals surface area (Å²) in [5.74, 6) is 0.466. The van der Waals surface area contributed by atoms with E-state index in [9.17, 15) is 4.79 Å². The molecule has 0 amide bonds. The molecule has 3 rings (SSSR count). The van der Waals surface area contributed by atoms with Crippen LogP contribution in [0.1, 0.15) is 22.3 Å². The molecule has 0 saturated heterocycles. The quantitative estimate of drug-likeness (QED) is 0.446. The van der Waals surface area contributed by atoms with Crippen LogP contribution < -0.4 is 4.74 Å². The third-order valence-corrected chi connectivity index (χ3v) is 5.07. The van der Waals surface area contributed by atoms with E-state index in [4.69, 9.17) is 9.47 Å². The number of carbonyl (C=O) groups excluding carboxylic acids is 1. The van der Waals surface area contributed by atoms with Crippen LogP contribution in [0, 0.1) is 20.8 Å². The number of aryl methyl sites for hydroxylation is 3. The molecule has 28 heavy (non-hydrogen) atoms. The number of aromatic nitrogens is 4. The molecular weight excluding hydrogens is 376 g/mol. The summed E-state index contributed by atoms with van der Waals surface area (Å²) in [6, 6.07) is 11.8. The van der Waals surface area contributed by atoms with Crippen LogP contribution in [-0.4, -0.2) is 39.0 Å². The van der Waals surface area contributed by atoms with Gasteiger partial charge >= 0.3 is 5.97 Å². The molecule has 0 N–H and O–H groups in total. The first-order valence-corrected chi connectivity index (χ1v) is 9.74. The third kappa shape index (κ3) is 4.69. The van der Waals surface area contributed by atoms with Gasteiger partial charge in [0.1, 0.15) is 12.4 Å². The Bertz CT molecular complexity index is 987. The maximum absolute atomic E-state index is 12.2. The van der Waals surface area contributed by atoms with Crippen molar-refractivity contribution in [1.82, 2.24) is 20.2 Å². The molecule has 8 heteroatoms. The molecule has 1 heterocycles. The van der Waals surface area contributed by atoms with Crippen LogP contribution in [0.15, 0.2) is 41.6 Å². The first-order valence-electron chi connectivity index (χ1n) is 8.76. The van der Waals surface area contributed by atoms with Crippen LogP contribution in [0.2, 0.25) is 0 Å². The van der Waals surface area contributed by atoms with E-state index in [0.717, 1.165) is 27.9 Å². The number of hydrogen-bond donors (Lipinski definition) is 0. The lowest BCUT2D eigenvalue weighted by Crippen LogP contribution is -2.09. The minimum absolute atomic E-state index is 0.110. The summed E-state index contributed by atoms with van der Waals surface area (Å²) in [7, 11) is 1.60. The Balaban J connectivity index is 1.63. The zero-order chi connectivity index (χ0) is 20.1. The van der Waals surface area contributed by atoms with Gasteiger partial charge in [0.05, 0.1) is 18.6 Å². The second-order valence-corrected chi connectivity index (χ2v) is 7.37. The lowest BCUT2D eigenvalue weighted by Gasteiger charge is -2.10. The molecule has 0 aliphatic carbocycles. The number of esters is 1. The number of tetrazole rings is 1. The SMILES string of the molecule is COc1ccc(C)cc1COC(=O)CSc1nnnn1-c1cc(C)ccc1C. The summed E-state index contributed by atoms with van der Waals surface area (Å²) in [5, 5.41) is 12.4. The highest BCUT2D eigenvalue weighted by atomic mass is 32.2. The van der Waals surface area contributed by atoms with Gasteiger partial charge in [-0.2, -0.15) is 4.68 Å². The van der Waals surface area contributed by atoms with Crippen molar-refractivity contribution < 1.29 is 14.3 Å². The van der Waals surface area contributed by atoms with Gasteiger partial charge in [0, 0.05) is 5.56 Å². The fourth-order valence-electron chi connectivity index (χ4n) is 2.71. The molecule has 0 unspecified atom stereocenters. The van der Waals surface area contributed by atoms with Crippen LogP contribution in [0.5, 0.6) is 5.75 Å². The van der Waals surface area contributed by atoms with E-state index in [2.05, 4.69) is 15.5 Å². The maximum Gasteiger partial charge on any atom is 0.316 e. The second-order valence-electron chi connectivity index (χ2n) is 6.43. The minimum Gasteiger partial charge on any atom is -0.496 e. The van der Waals surface area contributed by atoms with Crippen LogP contribution in [0.4, 0.5) is 0 Å². The summed E-state index contributed by atoms with van der Waals surface area (Å²) >= 11 is 1.24. The predicted octanol–water partition coefficient (Wildman–Crippen LogP) is 3.43. The summed E-state index contributed by atoms with van der Waals surface area (Å²) in [6.45, 7) is 6.14. The maximum atomic E-state index is 12.2. The van der Waals surface area contributed by atoms with Gasteiger partial charge in [0.15, 0.2) is 0 Å². The van der Waals surface area contributed by atoms with Crippen molar-refractivity contribution in [2.24, 2.45) is 0 Å². The standard InChI is InChI=1S/C20H22N4O3S/c1-13-6-8-18(26-4)16(9-13)11-27-19(25)12-28-20-21-22-23-24(20)17-10-14(2)5-7-15(17)3/h5-10H,11-12H2,1-4H3. The first-order chi connectivity index (χ1) is 13.5. The lowest BCUT2D eigenvalue weighted by atomic mass is 10.1. The van der Waals surface area contributed by atoms with Crippen LogP contribution in [0.3, 0.4) is 0 Å². The zero-order valence-corrected chi connectivity index (χ0v) is 17.1. The molecule has 0 fully saturated rings. The summed E-state index contributed by atoms with van der Waals surface area (Å²) in [4.78, 5) is 12.2. The van der Waals surface area contributed by atoms with Crippen molar-refractivity contribution in [3.63, 3.8) is 0 Å². The Morgan fingerprint density at radius 1 is 1.11 bits per heavy atom. The smallest absolute Gasteiger partial charge is 0.316 e. The van der Waals surface area contributed by atoms with E-state index in [-0.39, 0.29) is 18.3 Å². The molecule has 0 saturated carbocycles. The molecule has 0 aliphatic rings. The lowest BCUT2D eigenvalue weighted by molar-refractivity contribution is -0.141. The van der Waals surface area contributed by atoms with Gasteiger partial charge in [0.25, 0.3) is 0 Å². The van der Waals surface area contributed by atoms with Crippen molar-refractivity contribution in [2.75, 3.05) is 12.9 Å². The number of methoxy groups -OCH3 is 1. The Morgan fingerprint density at radius 2 is 1.86 bits per heavy atom. The van der Waals surface area contributed by atoms with Crippen molar-refractivity contribution in [1.29, 1.82) is 0 Å². The van der Waals surface area contributed by atoms with Gasteiger partial charge in [-0.25, -0.2) is 0 Å². The van der Waals surface area contributed by atoms with Gasteiger partial charge in [-0.15, -0.1) is 5.10 Å². The summed E-state index contributed by atoms with van der Waals surface area (Å²) < 4.78 is 12.3. The topological polar surface area (TPSA) is 79.1 Å². The van der Waals surface area contributed by atoms with E-state index in [1.54, 1.807) is 11.8 Å². The monoisotopic (exact) mass is 398 g/mol.